The molecule has 0 bridgehead atoms. The summed E-state index contributed by atoms with van der Waals surface area (Å²) in [7, 11) is 1.88. The average molecular weight is 350 g/mol. The fourth-order valence-electron chi connectivity index (χ4n) is 2.99. The van der Waals surface area contributed by atoms with Gasteiger partial charge in [0.1, 0.15) is 5.82 Å². The molecule has 0 saturated carbocycles. The molecule has 1 unspecified atom stereocenters. The Kier molecular flexibility index (Phi) is 4.89. The molecule has 1 aliphatic rings. The minimum atomic E-state index is -0.309. The molecule has 24 heavy (non-hydrogen) atoms. The summed E-state index contributed by atoms with van der Waals surface area (Å²) >= 11 is 5.89. The van der Waals surface area contributed by atoms with Crippen molar-refractivity contribution in [2.45, 2.75) is 18.8 Å². The van der Waals surface area contributed by atoms with Crippen molar-refractivity contribution in [2.24, 2.45) is 0 Å². The molecule has 128 valence electrons. The van der Waals surface area contributed by atoms with Gasteiger partial charge in [0.15, 0.2) is 0 Å². The zero-order valence-electron chi connectivity index (χ0n) is 13.5. The first-order chi connectivity index (χ1) is 11.5. The fourth-order valence-corrected chi connectivity index (χ4v) is 3.12. The highest BCUT2D eigenvalue weighted by molar-refractivity contribution is 6.30. The largest absolute Gasteiger partial charge is 0.365 e. The van der Waals surface area contributed by atoms with Crippen LogP contribution in [0.5, 0.6) is 0 Å². The quantitative estimate of drug-likeness (QED) is 0.877. The number of hydrogen-bond donors (Lipinski definition) is 2. The van der Waals surface area contributed by atoms with Crippen LogP contribution in [0.2, 0.25) is 5.02 Å². The molecule has 1 aromatic heterocycles. The van der Waals surface area contributed by atoms with Crippen LogP contribution in [-0.4, -0.2) is 52.7 Å². The normalized spacial score (nSPS) is 17.8. The molecule has 0 spiro atoms. The first-order valence-electron chi connectivity index (χ1n) is 7.92. The van der Waals surface area contributed by atoms with Crippen LogP contribution in [0.15, 0.2) is 29.1 Å². The Morgan fingerprint density at radius 1 is 1.42 bits per heavy atom. The molecular weight excluding hydrogens is 330 g/mol. The zero-order chi connectivity index (χ0) is 17.1. The van der Waals surface area contributed by atoms with Crippen LogP contribution >= 0.6 is 11.6 Å². The molecule has 1 atom stereocenters. The van der Waals surface area contributed by atoms with Crippen LogP contribution in [0.4, 0.5) is 5.69 Å². The third-order valence-electron chi connectivity index (χ3n) is 4.32. The number of likely N-dealkylation sites (tertiary alicyclic amines) is 1. The standard InChI is InChI=1S/C16H20ClN5O2/c1-21(13-6-4-12(17)5-7-13)10-14(23)22-8-2-3-11(9-22)15-18-16(24)20-19-15/h4-7,11H,2-3,8-10H2,1H3,(H2,18,19,20,24). The molecule has 2 N–H and O–H groups in total. The van der Waals surface area contributed by atoms with Gasteiger partial charge in [-0.05, 0) is 37.1 Å². The summed E-state index contributed by atoms with van der Waals surface area (Å²) in [6.45, 7) is 1.61. The van der Waals surface area contributed by atoms with Crippen molar-refractivity contribution in [1.82, 2.24) is 20.1 Å². The van der Waals surface area contributed by atoms with Crippen LogP contribution in [0.3, 0.4) is 0 Å². The van der Waals surface area contributed by atoms with E-state index in [1.807, 2.05) is 41.1 Å². The van der Waals surface area contributed by atoms with E-state index in [0.717, 1.165) is 25.1 Å². The van der Waals surface area contributed by atoms with Crippen LogP contribution in [0, 0.1) is 0 Å². The molecule has 1 fully saturated rings. The molecule has 8 heteroatoms. The minimum Gasteiger partial charge on any atom is -0.365 e. The molecule has 1 saturated heterocycles. The van der Waals surface area contributed by atoms with E-state index in [2.05, 4.69) is 15.2 Å². The number of amides is 1. The van der Waals surface area contributed by atoms with Gasteiger partial charge in [-0.3, -0.25) is 9.78 Å². The van der Waals surface area contributed by atoms with Crippen molar-refractivity contribution in [3.05, 3.63) is 45.6 Å². The number of H-pyrrole nitrogens is 2. The molecular formula is C16H20ClN5O2. The summed E-state index contributed by atoms with van der Waals surface area (Å²) < 4.78 is 0. The molecule has 1 amide bonds. The number of carbonyl (C=O) groups excluding carboxylic acids is 1. The van der Waals surface area contributed by atoms with E-state index >= 15 is 0 Å². The van der Waals surface area contributed by atoms with Crippen molar-refractivity contribution in [3.8, 4) is 0 Å². The number of carbonyl (C=O) groups is 1. The maximum absolute atomic E-state index is 12.6. The highest BCUT2D eigenvalue weighted by Crippen LogP contribution is 2.24. The van der Waals surface area contributed by atoms with Crippen LogP contribution < -0.4 is 10.6 Å². The fraction of sp³-hybridized carbons (Fsp3) is 0.438. The molecule has 3 rings (SSSR count). The number of piperidine rings is 1. The Bertz CT molecular complexity index is 754. The SMILES string of the molecule is CN(CC(=O)N1CCCC(c2n[nH]c(=O)[nH]2)C1)c1ccc(Cl)cc1. The lowest BCUT2D eigenvalue weighted by atomic mass is 9.97. The van der Waals surface area contributed by atoms with Crippen LogP contribution in [-0.2, 0) is 4.79 Å². The number of likely N-dealkylation sites (N-methyl/N-ethyl adjacent to an activating group) is 1. The maximum Gasteiger partial charge on any atom is 0.340 e. The van der Waals surface area contributed by atoms with Gasteiger partial charge in [0.25, 0.3) is 0 Å². The summed E-state index contributed by atoms with van der Waals surface area (Å²) in [5.74, 6) is 0.765. The molecule has 2 aromatic rings. The predicted molar refractivity (Wildman–Crippen MR) is 92.5 cm³/mol. The van der Waals surface area contributed by atoms with Crippen LogP contribution in [0.25, 0.3) is 0 Å². The van der Waals surface area contributed by atoms with Gasteiger partial charge in [-0.1, -0.05) is 11.6 Å². The number of rotatable bonds is 4. The van der Waals surface area contributed by atoms with Crippen molar-refractivity contribution >= 4 is 23.2 Å². The van der Waals surface area contributed by atoms with Gasteiger partial charge in [-0.2, -0.15) is 5.10 Å². The molecule has 7 nitrogen and oxygen atoms in total. The summed E-state index contributed by atoms with van der Waals surface area (Å²) in [6, 6.07) is 7.40. The van der Waals surface area contributed by atoms with Gasteiger partial charge < -0.3 is 9.80 Å². The summed E-state index contributed by atoms with van der Waals surface area (Å²) in [4.78, 5) is 30.2. The van der Waals surface area contributed by atoms with Crippen molar-refractivity contribution in [3.63, 3.8) is 0 Å². The first-order valence-corrected chi connectivity index (χ1v) is 8.30. The Labute approximate surface area is 144 Å². The average Bonchev–Trinajstić information content (AvgIpc) is 3.02. The smallest absolute Gasteiger partial charge is 0.340 e. The summed E-state index contributed by atoms with van der Waals surface area (Å²) in [5.41, 5.74) is 0.633. The van der Waals surface area contributed by atoms with E-state index in [1.54, 1.807) is 0 Å². The second-order valence-corrected chi connectivity index (χ2v) is 6.51. The summed E-state index contributed by atoms with van der Waals surface area (Å²) in [6.07, 6.45) is 1.81. The minimum absolute atomic E-state index is 0.0648. The second-order valence-electron chi connectivity index (χ2n) is 6.07. The van der Waals surface area contributed by atoms with Crippen LogP contribution in [0.1, 0.15) is 24.6 Å². The monoisotopic (exact) mass is 349 g/mol. The van der Waals surface area contributed by atoms with E-state index in [0.29, 0.717) is 23.9 Å². The van der Waals surface area contributed by atoms with E-state index in [-0.39, 0.29) is 17.5 Å². The number of benzene rings is 1. The number of hydrogen-bond acceptors (Lipinski definition) is 4. The molecule has 1 aliphatic heterocycles. The molecule has 2 heterocycles. The number of anilines is 1. The first kappa shape index (κ1) is 16.6. The molecule has 0 radical (unpaired) electrons. The molecule has 1 aromatic carbocycles. The van der Waals surface area contributed by atoms with Gasteiger partial charge in [0, 0.05) is 36.8 Å². The van der Waals surface area contributed by atoms with E-state index in [1.165, 1.54) is 0 Å². The van der Waals surface area contributed by atoms with Gasteiger partial charge in [0.2, 0.25) is 5.91 Å². The Morgan fingerprint density at radius 2 is 2.17 bits per heavy atom. The lowest BCUT2D eigenvalue weighted by Gasteiger charge is -2.33. The third-order valence-corrected chi connectivity index (χ3v) is 4.57. The highest BCUT2D eigenvalue weighted by atomic mass is 35.5. The summed E-state index contributed by atoms with van der Waals surface area (Å²) in [5, 5.41) is 7.05. The third kappa shape index (κ3) is 3.79. The van der Waals surface area contributed by atoms with Gasteiger partial charge in [-0.25, -0.2) is 9.89 Å². The van der Waals surface area contributed by atoms with E-state index < -0.39 is 0 Å². The van der Waals surface area contributed by atoms with Gasteiger partial charge >= 0.3 is 5.69 Å². The lowest BCUT2D eigenvalue weighted by Crippen LogP contribution is -2.44. The van der Waals surface area contributed by atoms with Gasteiger partial charge in [0.05, 0.1) is 6.54 Å². The lowest BCUT2D eigenvalue weighted by molar-refractivity contribution is -0.130. The maximum atomic E-state index is 12.6. The van der Waals surface area contributed by atoms with E-state index in [4.69, 9.17) is 11.6 Å². The number of aromatic amines is 2. The number of halogens is 1. The number of aromatic nitrogens is 3. The zero-order valence-corrected chi connectivity index (χ0v) is 14.2. The Hall–Kier alpha value is -2.28. The predicted octanol–water partition coefficient (Wildman–Crippen LogP) is 1.59. The number of nitrogens with zero attached hydrogens (tertiary/aromatic N) is 3. The van der Waals surface area contributed by atoms with Gasteiger partial charge in [-0.15, -0.1) is 0 Å². The Balaban J connectivity index is 1.61. The topological polar surface area (TPSA) is 85.1 Å². The highest BCUT2D eigenvalue weighted by Gasteiger charge is 2.27. The second kappa shape index (κ2) is 7.09. The number of nitrogens with one attached hydrogen (secondary N) is 2. The molecule has 0 aliphatic carbocycles. The van der Waals surface area contributed by atoms with E-state index in [9.17, 15) is 9.59 Å². The van der Waals surface area contributed by atoms with Crippen molar-refractivity contribution in [1.29, 1.82) is 0 Å². The van der Waals surface area contributed by atoms with Crippen molar-refractivity contribution in [2.75, 3.05) is 31.6 Å². The Morgan fingerprint density at radius 3 is 2.83 bits per heavy atom. The van der Waals surface area contributed by atoms with Crippen molar-refractivity contribution < 1.29 is 4.79 Å².